The minimum absolute atomic E-state index is 0.698. The van der Waals surface area contributed by atoms with Gasteiger partial charge in [0.25, 0.3) is 0 Å². The highest BCUT2D eigenvalue weighted by molar-refractivity contribution is 5.26. The summed E-state index contributed by atoms with van der Waals surface area (Å²) >= 11 is 0. The number of methoxy groups -OCH3 is 1. The van der Waals surface area contributed by atoms with Gasteiger partial charge in [0.2, 0.25) is 0 Å². The van der Waals surface area contributed by atoms with Gasteiger partial charge in [-0.15, -0.1) is 0 Å². The van der Waals surface area contributed by atoms with E-state index in [4.69, 9.17) is 4.74 Å². The van der Waals surface area contributed by atoms with E-state index in [9.17, 15) is 0 Å². The largest absolute Gasteiger partial charge is 0.380 e. The molecule has 1 aliphatic carbocycles. The van der Waals surface area contributed by atoms with Crippen molar-refractivity contribution in [2.45, 2.75) is 32.4 Å². The molecule has 0 fully saturated rings. The van der Waals surface area contributed by atoms with E-state index in [-0.39, 0.29) is 0 Å². The van der Waals surface area contributed by atoms with Gasteiger partial charge in [-0.05, 0) is 42.9 Å². The molecule has 2 rings (SSSR count). The van der Waals surface area contributed by atoms with Gasteiger partial charge < -0.3 is 10.1 Å². The van der Waals surface area contributed by atoms with E-state index in [1.165, 1.54) is 30.4 Å². The van der Waals surface area contributed by atoms with Crippen molar-refractivity contribution < 1.29 is 4.74 Å². The average Bonchev–Trinajstić information content (AvgIpc) is 2.42. The van der Waals surface area contributed by atoms with E-state index in [0.29, 0.717) is 6.61 Å². The lowest BCUT2D eigenvalue weighted by Crippen LogP contribution is -2.23. The molecule has 0 radical (unpaired) electrons. The molecular formula is C16H23NO. The van der Waals surface area contributed by atoms with Gasteiger partial charge in [-0.3, -0.25) is 0 Å². The van der Waals surface area contributed by atoms with Crippen molar-refractivity contribution in [2.75, 3.05) is 13.7 Å². The van der Waals surface area contributed by atoms with Crippen LogP contribution in [0.4, 0.5) is 0 Å². The Morgan fingerprint density at radius 2 is 2.06 bits per heavy atom. The van der Waals surface area contributed by atoms with Gasteiger partial charge in [0.1, 0.15) is 0 Å². The predicted octanol–water partition coefficient (Wildman–Crippen LogP) is 3.28. The Kier molecular flexibility index (Phi) is 5.43. The molecule has 1 aliphatic rings. The van der Waals surface area contributed by atoms with Crippen LogP contribution in [0.15, 0.2) is 36.4 Å². The molecular weight excluding hydrogens is 222 g/mol. The molecule has 1 aromatic rings. The zero-order valence-electron chi connectivity index (χ0n) is 11.2. The third-order valence-electron chi connectivity index (χ3n) is 3.54. The van der Waals surface area contributed by atoms with Crippen LogP contribution in [-0.2, 0) is 17.9 Å². The molecule has 2 nitrogen and oxygen atoms in total. The molecule has 18 heavy (non-hydrogen) atoms. The molecule has 0 bridgehead atoms. The molecule has 0 saturated carbocycles. The maximum absolute atomic E-state index is 5.23. The minimum Gasteiger partial charge on any atom is -0.380 e. The average molecular weight is 245 g/mol. The van der Waals surface area contributed by atoms with E-state index in [0.717, 1.165) is 19.0 Å². The minimum atomic E-state index is 0.698. The highest BCUT2D eigenvalue weighted by Gasteiger charge is 2.09. The Balaban J connectivity index is 1.80. The number of nitrogens with one attached hydrogen (secondary N) is 1. The second-order valence-corrected chi connectivity index (χ2v) is 4.98. The molecule has 1 atom stereocenters. The Hall–Kier alpha value is -1.12. The maximum atomic E-state index is 5.23. The fourth-order valence-electron chi connectivity index (χ4n) is 2.48. The van der Waals surface area contributed by atoms with Crippen LogP contribution in [0.2, 0.25) is 0 Å². The summed E-state index contributed by atoms with van der Waals surface area (Å²) in [7, 11) is 1.75. The van der Waals surface area contributed by atoms with Gasteiger partial charge in [0.15, 0.2) is 0 Å². The number of ether oxygens (including phenoxy) is 1. The van der Waals surface area contributed by atoms with E-state index < -0.39 is 0 Å². The summed E-state index contributed by atoms with van der Waals surface area (Å²) in [6.07, 6.45) is 8.40. The van der Waals surface area contributed by atoms with Gasteiger partial charge in [0.05, 0.1) is 6.61 Å². The van der Waals surface area contributed by atoms with Crippen LogP contribution < -0.4 is 5.32 Å². The molecule has 0 aromatic heterocycles. The molecule has 1 unspecified atom stereocenters. The molecule has 0 heterocycles. The molecule has 0 amide bonds. The standard InChI is InChI=1S/C16H23NO/c1-18-13-16-10-6-5-9-15(16)12-17-11-14-7-3-2-4-8-14/h2-3,5-6,9-10,14,17H,4,7-8,11-13H2,1H3. The highest BCUT2D eigenvalue weighted by atomic mass is 16.5. The molecule has 0 saturated heterocycles. The lowest BCUT2D eigenvalue weighted by molar-refractivity contribution is 0.184. The van der Waals surface area contributed by atoms with E-state index in [1.807, 2.05) is 0 Å². The van der Waals surface area contributed by atoms with Crippen LogP contribution in [-0.4, -0.2) is 13.7 Å². The maximum Gasteiger partial charge on any atom is 0.0716 e. The monoisotopic (exact) mass is 245 g/mol. The summed E-state index contributed by atoms with van der Waals surface area (Å²) in [4.78, 5) is 0. The number of hydrogen-bond acceptors (Lipinski definition) is 2. The van der Waals surface area contributed by atoms with Crippen molar-refractivity contribution in [1.82, 2.24) is 5.32 Å². The third kappa shape index (κ3) is 3.97. The summed E-state index contributed by atoms with van der Waals surface area (Å²) < 4.78 is 5.23. The Morgan fingerprint density at radius 3 is 2.78 bits per heavy atom. The molecule has 0 aliphatic heterocycles. The normalized spacial score (nSPS) is 19.1. The lowest BCUT2D eigenvalue weighted by Gasteiger charge is -2.18. The Morgan fingerprint density at radius 1 is 1.22 bits per heavy atom. The van der Waals surface area contributed by atoms with Crippen molar-refractivity contribution >= 4 is 0 Å². The zero-order chi connectivity index (χ0) is 12.6. The second-order valence-electron chi connectivity index (χ2n) is 4.98. The van der Waals surface area contributed by atoms with E-state index in [2.05, 4.69) is 41.7 Å². The van der Waals surface area contributed by atoms with Crippen molar-refractivity contribution in [1.29, 1.82) is 0 Å². The quantitative estimate of drug-likeness (QED) is 0.777. The van der Waals surface area contributed by atoms with Crippen molar-refractivity contribution in [3.63, 3.8) is 0 Å². The Labute approximate surface area is 110 Å². The molecule has 2 heteroatoms. The topological polar surface area (TPSA) is 21.3 Å². The smallest absolute Gasteiger partial charge is 0.0716 e. The van der Waals surface area contributed by atoms with Crippen molar-refractivity contribution in [3.8, 4) is 0 Å². The number of rotatable bonds is 6. The number of allylic oxidation sites excluding steroid dienone is 2. The molecule has 98 valence electrons. The second kappa shape index (κ2) is 7.34. The number of benzene rings is 1. The summed E-state index contributed by atoms with van der Waals surface area (Å²) in [6, 6.07) is 8.50. The molecule has 1 aromatic carbocycles. The summed E-state index contributed by atoms with van der Waals surface area (Å²) in [6.45, 7) is 2.76. The first-order valence-corrected chi connectivity index (χ1v) is 6.81. The molecule has 1 N–H and O–H groups in total. The zero-order valence-corrected chi connectivity index (χ0v) is 11.2. The van der Waals surface area contributed by atoms with Crippen molar-refractivity contribution in [2.24, 2.45) is 5.92 Å². The molecule has 0 spiro atoms. The highest BCUT2D eigenvalue weighted by Crippen LogP contribution is 2.17. The summed E-state index contributed by atoms with van der Waals surface area (Å²) in [5, 5.41) is 3.58. The summed E-state index contributed by atoms with van der Waals surface area (Å²) in [5.41, 5.74) is 2.64. The Bertz CT molecular complexity index is 386. The van der Waals surface area contributed by atoms with Crippen LogP contribution in [0.25, 0.3) is 0 Å². The fraction of sp³-hybridized carbons (Fsp3) is 0.500. The fourth-order valence-corrected chi connectivity index (χ4v) is 2.48. The summed E-state index contributed by atoms with van der Waals surface area (Å²) in [5.74, 6) is 0.810. The van der Waals surface area contributed by atoms with Crippen LogP contribution >= 0.6 is 0 Å². The lowest BCUT2D eigenvalue weighted by atomic mass is 9.94. The SMILES string of the molecule is COCc1ccccc1CNCC1CC=CCC1. The van der Waals surface area contributed by atoms with Crippen molar-refractivity contribution in [3.05, 3.63) is 47.5 Å². The van der Waals surface area contributed by atoms with Gasteiger partial charge in [0, 0.05) is 13.7 Å². The van der Waals surface area contributed by atoms with E-state index >= 15 is 0 Å². The first-order chi connectivity index (χ1) is 8.90. The van der Waals surface area contributed by atoms with Gasteiger partial charge in [-0.1, -0.05) is 36.4 Å². The van der Waals surface area contributed by atoms with Crippen LogP contribution in [0, 0.1) is 5.92 Å². The van der Waals surface area contributed by atoms with E-state index in [1.54, 1.807) is 7.11 Å². The van der Waals surface area contributed by atoms with Gasteiger partial charge in [-0.25, -0.2) is 0 Å². The van der Waals surface area contributed by atoms with Crippen LogP contribution in [0.5, 0.6) is 0 Å². The van der Waals surface area contributed by atoms with Crippen LogP contribution in [0.1, 0.15) is 30.4 Å². The third-order valence-corrected chi connectivity index (χ3v) is 3.54. The van der Waals surface area contributed by atoms with Crippen LogP contribution in [0.3, 0.4) is 0 Å². The number of hydrogen-bond donors (Lipinski definition) is 1. The van der Waals surface area contributed by atoms with Gasteiger partial charge >= 0.3 is 0 Å². The van der Waals surface area contributed by atoms with Gasteiger partial charge in [-0.2, -0.15) is 0 Å². The predicted molar refractivity (Wildman–Crippen MR) is 75.3 cm³/mol. The first-order valence-electron chi connectivity index (χ1n) is 6.81. The first kappa shape index (κ1) is 13.3.